The standard InChI is InChI=1S/C13H14N2O5.BrH/c1-6-11-7(2)14-13(20)15(4-3-10(17)18)8(11)5-9(16)12(6)19;/h5,16,19H,3-4H2,1-2H3,(H,17,18);1H. The molecule has 0 amide bonds. The van der Waals surface area contributed by atoms with Gasteiger partial charge in [0.05, 0.1) is 17.6 Å². The summed E-state index contributed by atoms with van der Waals surface area (Å²) in [6.07, 6.45) is -0.236. The molecule has 1 aromatic carbocycles. The van der Waals surface area contributed by atoms with Crippen LogP contribution in [0.5, 0.6) is 11.5 Å². The first kappa shape index (κ1) is 17.0. The zero-order chi connectivity index (χ0) is 15.0. The smallest absolute Gasteiger partial charge is 0.348 e. The molecule has 0 fully saturated rings. The molecule has 0 atom stereocenters. The van der Waals surface area contributed by atoms with Crippen LogP contribution in [0.2, 0.25) is 0 Å². The van der Waals surface area contributed by atoms with Crippen molar-refractivity contribution >= 4 is 33.9 Å². The first-order valence-electron chi connectivity index (χ1n) is 5.97. The molecular weight excluding hydrogens is 344 g/mol. The van der Waals surface area contributed by atoms with Crippen molar-refractivity contribution in [1.82, 2.24) is 9.55 Å². The first-order chi connectivity index (χ1) is 9.32. The number of aryl methyl sites for hydroxylation is 3. The third kappa shape index (κ3) is 2.99. The van der Waals surface area contributed by atoms with E-state index in [-0.39, 0.29) is 41.4 Å². The van der Waals surface area contributed by atoms with Crippen LogP contribution >= 0.6 is 17.0 Å². The van der Waals surface area contributed by atoms with Crippen LogP contribution in [0.4, 0.5) is 0 Å². The molecule has 1 aromatic heterocycles. The number of halogens is 1. The van der Waals surface area contributed by atoms with Gasteiger partial charge in [-0.25, -0.2) is 4.79 Å². The van der Waals surface area contributed by atoms with Crippen molar-refractivity contribution in [3.05, 3.63) is 27.8 Å². The predicted molar refractivity (Wildman–Crippen MR) is 81.4 cm³/mol. The van der Waals surface area contributed by atoms with Crippen LogP contribution in [0.3, 0.4) is 0 Å². The number of hydrogen-bond acceptors (Lipinski definition) is 5. The topological polar surface area (TPSA) is 113 Å². The molecule has 21 heavy (non-hydrogen) atoms. The van der Waals surface area contributed by atoms with E-state index >= 15 is 0 Å². The lowest BCUT2D eigenvalue weighted by atomic mass is 10.1. The molecule has 0 aliphatic rings. The number of carbonyl (C=O) groups is 1. The van der Waals surface area contributed by atoms with Gasteiger partial charge in [0.1, 0.15) is 0 Å². The Bertz CT molecular complexity index is 769. The Morgan fingerprint density at radius 3 is 2.52 bits per heavy atom. The lowest BCUT2D eigenvalue weighted by molar-refractivity contribution is -0.137. The minimum atomic E-state index is -1.04. The van der Waals surface area contributed by atoms with E-state index in [9.17, 15) is 19.8 Å². The molecular formula is C13H15BrN2O5. The number of rotatable bonds is 3. The molecule has 8 heteroatoms. The Balaban J connectivity index is 0.00000220. The van der Waals surface area contributed by atoms with Crippen molar-refractivity contribution in [3.8, 4) is 11.5 Å². The Labute approximate surface area is 130 Å². The number of carboxylic acid groups (broad SMARTS) is 1. The summed E-state index contributed by atoms with van der Waals surface area (Å²) in [5.74, 6) is -1.67. The summed E-state index contributed by atoms with van der Waals surface area (Å²) in [5, 5.41) is 28.7. The van der Waals surface area contributed by atoms with E-state index in [1.165, 1.54) is 10.6 Å². The average Bonchev–Trinajstić information content (AvgIpc) is 2.34. The van der Waals surface area contributed by atoms with E-state index in [2.05, 4.69) is 4.98 Å². The summed E-state index contributed by atoms with van der Waals surface area (Å²) >= 11 is 0. The summed E-state index contributed by atoms with van der Waals surface area (Å²) in [4.78, 5) is 26.4. The van der Waals surface area contributed by atoms with Crippen LogP contribution < -0.4 is 5.69 Å². The van der Waals surface area contributed by atoms with E-state index in [1.807, 2.05) is 0 Å². The maximum Gasteiger partial charge on any atom is 0.348 e. The number of nitrogens with zero attached hydrogens (tertiary/aromatic N) is 2. The molecule has 0 radical (unpaired) electrons. The molecule has 0 unspecified atom stereocenters. The molecule has 0 aliphatic carbocycles. The first-order valence-corrected chi connectivity index (χ1v) is 5.97. The number of phenols is 2. The second kappa shape index (κ2) is 6.13. The van der Waals surface area contributed by atoms with Gasteiger partial charge in [0.25, 0.3) is 0 Å². The highest BCUT2D eigenvalue weighted by Crippen LogP contribution is 2.35. The minimum absolute atomic E-state index is 0. The number of aliphatic carboxylic acids is 1. The maximum absolute atomic E-state index is 11.9. The van der Waals surface area contributed by atoms with Gasteiger partial charge < -0.3 is 15.3 Å². The number of aromatic hydroxyl groups is 2. The van der Waals surface area contributed by atoms with Gasteiger partial charge in [0, 0.05) is 23.6 Å². The van der Waals surface area contributed by atoms with Crippen molar-refractivity contribution in [2.24, 2.45) is 0 Å². The van der Waals surface area contributed by atoms with Crippen molar-refractivity contribution in [2.45, 2.75) is 26.8 Å². The molecule has 0 saturated carbocycles. The van der Waals surface area contributed by atoms with Gasteiger partial charge in [-0.05, 0) is 13.8 Å². The molecule has 7 nitrogen and oxygen atoms in total. The van der Waals surface area contributed by atoms with Gasteiger partial charge in [-0.3, -0.25) is 9.36 Å². The van der Waals surface area contributed by atoms with E-state index in [1.54, 1.807) is 13.8 Å². The molecule has 0 aliphatic heterocycles. The van der Waals surface area contributed by atoms with Crippen LogP contribution in [0.1, 0.15) is 17.7 Å². The summed E-state index contributed by atoms with van der Waals surface area (Å²) in [6, 6.07) is 1.25. The second-order valence-electron chi connectivity index (χ2n) is 4.54. The fourth-order valence-electron chi connectivity index (χ4n) is 2.23. The third-order valence-electron chi connectivity index (χ3n) is 3.20. The van der Waals surface area contributed by atoms with Crippen LogP contribution in [-0.4, -0.2) is 30.8 Å². The highest BCUT2D eigenvalue weighted by Gasteiger charge is 2.16. The molecule has 0 saturated heterocycles. The number of aromatic nitrogens is 2. The number of fused-ring (bicyclic) bond motifs is 1. The normalized spacial score (nSPS) is 10.4. The summed E-state index contributed by atoms with van der Waals surface area (Å²) in [7, 11) is 0. The highest BCUT2D eigenvalue weighted by atomic mass is 79.9. The van der Waals surface area contributed by atoms with Crippen molar-refractivity contribution in [3.63, 3.8) is 0 Å². The van der Waals surface area contributed by atoms with E-state index in [0.717, 1.165) is 0 Å². The maximum atomic E-state index is 11.9. The quantitative estimate of drug-likeness (QED) is 0.716. The van der Waals surface area contributed by atoms with E-state index in [4.69, 9.17) is 5.11 Å². The van der Waals surface area contributed by atoms with Crippen LogP contribution in [-0.2, 0) is 11.3 Å². The number of hydrogen-bond donors (Lipinski definition) is 3. The SMILES string of the molecule is Br.Cc1nc(=O)n(CCC(=O)O)c2cc(O)c(O)c(C)c12. The van der Waals surface area contributed by atoms with Gasteiger partial charge in [-0.15, -0.1) is 17.0 Å². The average molecular weight is 359 g/mol. The highest BCUT2D eigenvalue weighted by molar-refractivity contribution is 8.93. The molecule has 1 heterocycles. The lowest BCUT2D eigenvalue weighted by Crippen LogP contribution is -2.25. The number of phenolic OH excluding ortho intramolecular Hbond substituents is 2. The van der Waals surface area contributed by atoms with E-state index in [0.29, 0.717) is 22.2 Å². The zero-order valence-electron chi connectivity index (χ0n) is 11.5. The van der Waals surface area contributed by atoms with Crippen LogP contribution in [0.15, 0.2) is 10.9 Å². The van der Waals surface area contributed by atoms with Gasteiger partial charge in [-0.1, -0.05) is 0 Å². The zero-order valence-corrected chi connectivity index (χ0v) is 13.2. The fraction of sp³-hybridized carbons (Fsp3) is 0.308. The van der Waals surface area contributed by atoms with Gasteiger partial charge in [0.2, 0.25) is 0 Å². The molecule has 3 N–H and O–H groups in total. The Morgan fingerprint density at radius 1 is 1.33 bits per heavy atom. The third-order valence-corrected chi connectivity index (χ3v) is 3.20. The summed E-state index contributed by atoms with van der Waals surface area (Å²) < 4.78 is 1.18. The minimum Gasteiger partial charge on any atom is -0.504 e. The molecule has 2 rings (SSSR count). The lowest BCUT2D eigenvalue weighted by Gasteiger charge is -2.14. The molecule has 0 bridgehead atoms. The number of carboxylic acids is 1. The molecule has 2 aromatic rings. The van der Waals surface area contributed by atoms with Gasteiger partial charge in [-0.2, -0.15) is 4.98 Å². The predicted octanol–water partition coefficient (Wildman–Crippen LogP) is 1.48. The summed E-state index contributed by atoms with van der Waals surface area (Å²) in [5.41, 5.74) is 0.593. The van der Waals surface area contributed by atoms with Crippen molar-refractivity contribution < 1.29 is 20.1 Å². The fourth-order valence-corrected chi connectivity index (χ4v) is 2.23. The second-order valence-corrected chi connectivity index (χ2v) is 4.54. The molecule has 114 valence electrons. The monoisotopic (exact) mass is 358 g/mol. The van der Waals surface area contributed by atoms with E-state index < -0.39 is 11.7 Å². The number of benzene rings is 1. The van der Waals surface area contributed by atoms with Crippen LogP contribution in [0.25, 0.3) is 10.9 Å². The Kier molecular flexibility index (Phi) is 4.95. The van der Waals surface area contributed by atoms with Crippen molar-refractivity contribution in [2.75, 3.05) is 0 Å². The van der Waals surface area contributed by atoms with Gasteiger partial charge in [0.15, 0.2) is 11.5 Å². The largest absolute Gasteiger partial charge is 0.504 e. The Hall–Kier alpha value is -2.09. The Morgan fingerprint density at radius 2 is 1.95 bits per heavy atom. The van der Waals surface area contributed by atoms with Crippen LogP contribution in [0, 0.1) is 13.8 Å². The van der Waals surface area contributed by atoms with Crippen molar-refractivity contribution in [1.29, 1.82) is 0 Å². The van der Waals surface area contributed by atoms with Gasteiger partial charge >= 0.3 is 11.7 Å². The molecule has 0 spiro atoms. The summed E-state index contributed by atoms with van der Waals surface area (Å²) in [6.45, 7) is 3.16.